The molecule has 5 aliphatic rings. The van der Waals surface area contributed by atoms with Crippen molar-refractivity contribution in [3.05, 3.63) is 12.2 Å². The van der Waals surface area contributed by atoms with Gasteiger partial charge < -0.3 is 14.9 Å². The molecule has 130 valence electrons. The summed E-state index contributed by atoms with van der Waals surface area (Å²) in [5, 5.41) is 20.8. The van der Waals surface area contributed by atoms with Gasteiger partial charge in [0, 0.05) is 11.8 Å². The Balaban J connectivity index is 1.76. The highest BCUT2D eigenvalue weighted by atomic mass is 16.6. The molecule has 1 aliphatic heterocycles. The first-order chi connectivity index (χ1) is 11.3. The van der Waals surface area contributed by atoms with Gasteiger partial charge >= 0.3 is 11.9 Å². The topological polar surface area (TPSA) is 83.8 Å². The number of aliphatic carboxylic acids is 1. The molecule has 0 radical (unpaired) electrons. The number of ether oxygens (including phenoxy) is 1. The first-order valence-corrected chi connectivity index (χ1v) is 9.09. The zero-order chi connectivity index (χ0) is 17.1. The zero-order valence-electron chi connectivity index (χ0n) is 14.0. The molecule has 0 unspecified atom stereocenters. The number of hydrogen-bond donors (Lipinski definition) is 2. The molecule has 4 bridgehead atoms. The van der Waals surface area contributed by atoms with Gasteiger partial charge in [0.1, 0.15) is 5.60 Å². The lowest BCUT2D eigenvalue weighted by Gasteiger charge is -2.44. The van der Waals surface area contributed by atoms with E-state index in [2.05, 4.69) is 6.58 Å². The number of allylic oxidation sites excluding steroid dienone is 1. The Morgan fingerprint density at radius 1 is 1.33 bits per heavy atom. The van der Waals surface area contributed by atoms with Crippen molar-refractivity contribution >= 4 is 11.9 Å². The molecule has 24 heavy (non-hydrogen) atoms. The monoisotopic (exact) mass is 332 g/mol. The van der Waals surface area contributed by atoms with Crippen LogP contribution in [0.1, 0.15) is 45.4 Å². The van der Waals surface area contributed by atoms with E-state index in [1.54, 1.807) is 6.92 Å². The predicted octanol–water partition coefficient (Wildman–Crippen LogP) is 2.14. The van der Waals surface area contributed by atoms with Crippen LogP contribution in [0.25, 0.3) is 0 Å². The second-order valence-corrected chi connectivity index (χ2v) is 9.07. The molecule has 0 amide bonds. The molecule has 4 saturated carbocycles. The van der Waals surface area contributed by atoms with E-state index in [0.717, 1.165) is 25.7 Å². The van der Waals surface area contributed by atoms with Crippen LogP contribution in [-0.2, 0) is 14.3 Å². The molecule has 8 atom stereocenters. The third kappa shape index (κ3) is 1.29. The molecule has 0 aromatic carbocycles. The van der Waals surface area contributed by atoms with Gasteiger partial charge in [-0.25, -0.2) is 0 Å². The van der Waals surface area contributed by atoms with Crippen molar-refractivity contribution in [2.75, 3.05) is 0 Å². The van der Waals surface area contributed by atoms with Crippen molar-refractivity contribution in [1.82, 2.24) is 0 Å². The molecule has 5 nitrogen and oxygen atoms in total. The number of carbonyl (C=O) groups excluding carboxylic acids is 1. The summed E-state index contributed by atoms with van der Waals surface area (Å²) in [4.78, 5) is 25.1. The molecular formula is C19H24O5. The molecule has 2 N–H and O–H groups in total. The standard InChI is InChI=1S/C19H24O5/c1-9-7-18-8-10(9)3-4-11(18)19-6-5-12(20)17(2,16(23)24-19)14(19)13(18)15(21)22/h10-14,20H,1,3-8H2,2H3,(H,21,22)/t10-,11-,12-,13-,14-,17-,18+,19-/m1/s1. The van der Waals surface area contributed by atoms with Crippen LogP contribution in [0.15, 0.2) is 12.2 Å². The average Bonchev–Trinajstić information content (AvgIpc) is 2.98. The smallest absolute Gasteiger partial charge is 0.315 e. The second-order valence-electron chi connectivity index (χ2n) is 9.07. The highest BCUT2D eigenvalue weighted by molar-refractivity contribution is 5.85. The van der Waals surface area contributed by atoms with Crippen LogP contribution in [0.4, 0.5) is 0 Å². The van der Waals surface area contributed by atoms with Gasteiger partial charge in [-0.3, -0.25) is 9.59 Å². The number of rotatable bonds is 1. The molecule has 4 aliphatic carbocycles. The largest absolute Gasteiger partial charge is 0.481 e. The molecule has 0 aromatic rings. The van der Waals surface area contributed by atoms with E-state index in [4.69, 9.17) is 4.74 Å². The molecule has 5 rings (SSSR count). The fourth-order valence-electron chi connectivity index (χ4n) is 7.66. The fourth-order valence-corrected chi connectivity index (χ4v) is 7.66. The van der Waals surface area contributed by atoms with Crippen molar-refractivity contribution < 1.29 is 24.5 Å². The van der Waals surface area contributed by atoms with E-state index in [1.807, 2.05) is 0 Å². The maximum atomic E-state index is 12.7. The molecule has 0 aromatic heterocycles. The average molecular weight is 332 g/mol. The predicted molar refractivity (Wildman–Crippen MR) is 83.8 cm³/mol. The minimum Gasteiger partial charge on any atom is -0.481 e. The number of aliphatic hydroxyl groups is 1. The molecule has 1 heterocycles. The molecular weight excluding hydrogens is 308 g/mol. The van der Waals surface area contributed by atoms with Gasteiger partial charge in [-0.05, 0) is 56.8 Å². The van der Waals surface area contributed by atoms with Gasteiger partial charge in [0.2, 0.25) is 0 Å². The van der Waals surface area contributed by atoms with Crippen molar-refractivity contribution in [2.24, 2.45) is 34.5 Å². The number of fused-ring (bicyclic) bond motifs is 1. The number of hydrogen-bond acceptors (Lipinski definition) is 4. The summed E-state index contributed by atoms with van der Waals surface area (Å²) in [6, 6.07) is 0. The SMILES string of the molecule is C=C1C[C@]23C[C@H]1CC[C@H]2[C@@]12CC[C@@H](O)[C@@](C)(C(=O)O1)[C@H]2[C@@H]3C(=O)O. The van der Waals surface area contributed by atoms with Crippen LogP contribution in [0.3, 0.4) is 0 Å². The zero-order valence-corrected chi connectivity index (χ0v) is 14.0. The summed E-state index contributed by atoms with van der Waals surface area (Å²) in [7, 11) is 0. The number of carboxylic acid groups (broad SMARTS) is 1. The Kier molecular flexibility index (Phi) is 2.53. The summed E-state index contributed by atoms with van der Waals surface area (Å²) < 4.78 is 6.01. The van der Waals surface area contributed by atoms with E-state index in [1.165, 1.54) is 5.57 Å². The van der Waals surface area contributed by atoms with E-state index < -0.39 is 40.9 Å². The normalized spacial score (nSPS) is 57.5. The van der Waals surface area contributed by atoms with Crippen molar-refractivity contribution in [1.29, 1.82) is 0 Å². The number of aliphatic hydroxyl groups excluding tert-OH is 1. The third-order valence-electron chi connectivity index (χ3n) is 8.46. The van der Waals surface area contributed by atoms with Crippen molar-refractivity contribution in [3.63, 3.8) is 0 Å². The lowest BCUT2D eigenvalue weighted by Crippen LogP contribution is -2.53. The molecule has 1 saturated heterocycles. The maximum Gasteiger partial charge on any atom is 0.315 e. The Bertz CT molecular complexity index is 685. The lowest BCUT2D eigenvalue weighted by molar-refractivity contribution is -0.162. The fraction of sp³-hybridized carbons (Fsp3) is 0.789. The summed E-state index contributed by atoms with van der Waals surface area (Å²) >= 11 is 0. The van der Waals surface area contributed by atoms with Crippen molar-refractivity contribution in [2.45, 2.75) is 57.2 Å². The quantitative estimate of drug-likeness (QED) is 0.568. The van der Waals surface area contributed by atoms with Gasteiger partial charge in [-0.1, -0.05) is 12.2 Å². The second kappa shape index (κ2) is 4.06. The minimum atomic E-state index is -1.09. The maximum absolute atomic E-state index is 12.7. The van der Waals surface area contributed by atoms with Gasteiger partial charge in [0.25, 0.3) is 0 Å². The summed E-state index contributed by atoms with van der Waals surface area (Å²) in [6.07, 6.45) is 3.81. The van der Waals surface area contributed by atoms with E-state index in [0.29, 0.717) is 18.8 Å². The van der Waals surface area contributed by atoms with E-state index in [-0.39, 0.29) is 11.3 Å². The highest BCUT2D eigenvalue weighted by Crippen LogP contribution is 2.77. The Morgan fingerprint density at radius 2 is 2.08 bits per heavy atom. The van der Waals surface area contributed by atoms with Crippen LogP contribution in [-0.4, -0.2) is 33.9 Å². The van der Waals surface area contributed by atoms with Crippen LogP contribution in [0.5, 0.6) is 0 Å². The Morgan fingerprint density at radius 3 is 2.79 bits per heavy atom. The summed E-state index contributed by atoms with van der Waals surface area (Å²) in [5.41, 5.74) is -0.953. The summed E-state index contributed by atoms with van der Waals surface area (Å²) in [5.74, 6) is -1.78. The molecule has 5 fully saturated rings. The van der Waals surface area contributed by atoms with Gasteiger partial charge in [0.15, 0.2) is 0 Å². The van der Waals surface area contributed by atoms with E-state index >= 15 is 0 Å². The van der Waals surface area contributed by atoms with Gasteiger partial charge in [0.05, 0.1) is 17.4 Å². The van der Waals surface area contributed by atoms with Crippen LogP contribution in [0.2, 0.25) is 0 Å². The van der Waals surface area contributed by atoms with Crippen LogP contribution < -0.4 is 0 Å². The third-order valence-corrected chi connectivity index (χ3v) is 8.46. The Hall–Kier alpha value is -1.36. The van der Waals surface area contributed by atoms with E-state index in [9.17, 15) is 19.8 Å². The highest BCUT2D eigenvalue weighted by Gasteiger charge is 2.83. The summed E-state index contributed by atoms with van der Waals surface area (Å²) in [6.45, 7) is 5.95. The molecule has 5 heteroatoms. The Labute approximate surface area is 141 Å². The van der Waals surface area contributed by atoms with Gasteiger partial charge in [-0.2, -0.15) is 0 Å². The first kappa shape index (κ1) is 14.9. The lowest BCUT2D eigenvalue weighted by atomic mass is 9.59. The van der Waals surface area contributed by atoms with Crippen LogP contribution in [0, 0.1) is 34.5 Å². The van der Waals surface area contributed by atoms with Gasteiger partial charge in [-0.15, -0.1) is 0 Å². The number of carbonyl (C=O) groups is 2. The number of esters is 1. The first-order valence-electron chi connectivity index (χ1n) is 9.09. The molecule has 1 spiro atoms. The minimum absolute atomic E-state index is 0.0878. The number of carboxylic acids is 1. The van der Waals surface area contributed by atoms with Crippen LogP contribution >= 0.6 is 0 Å². The van der Waals surface area contributed by atoms with Crippen molar-refractivity contribution in [3.8, 4) is 0 Å².